The molecule has 0 amide bonds. The number of piperidine rings is 1. The molecule has 6 nitrogen and oxygen atoms in total. The minimum atomic E-state index is -0.504. The van der Waals surface area contributed by atoms with E-state index >= 15 is 0 Å². The average molecular weight is 514 g/mol. The number of methoxy groups -OCH3 is 1. The number of benzene rings is 1. The molecule has 1 N–H and O–H groups in total. The standard InChI is InChI=1S/C31H47NO5/c1-34-31(26-18-22-17-23(20-26)21-27(31)19-22)37-36-30-9-5-25(6-10-30)24-3-7-29(8-4-24)35-16-2-13-32-14-11-28(33)12-15-32/h3-4,7-8,22-23,25-28,30,33H,2,5-6,9-21H2,1H3/t22?,23?,25-,26?,27?,30+,31?. The maximum absolute atomic E-state index is 9.64. The molecule has 5 saturated carbocycles. The fraction of sp³-hybridized carbons (Fsp3) is 0.806. The summed E-state index contributed by atoms with van der Waals surface area (Å²) in [4.78, 5) is 14.9. The summed E-state index contributed by atoms with van der Waals surface area (Å²) in [7, 11) is 1.83. The summed E-state index contributed by atoms with van der Waals surface area (Å²) >= 11 is 0. The van der Waals surface area contributed by atoms with Crippen molar-refractivity contribution in [2.24, 2.45) is 23.7 Å². The molecule has 0 unspecified atom stereocenters. The maximum Gasteiger partial charge on any atom is 0.207 e. The van der Waals surface area contributed by atoms with Gasteiger partial charge in [-0.2, -0.15) is 0 Å². The highest BCUT2D eigenvalue weighted by Gasteiger charge is 2.60. The van der Waals surface area contributed by atoms with Gasteiger partial charge in [-0.1, -0.05) is 12.1 Å². The third-order valence-corrected chi connectivity index (χ3v) is 10.4. The molecule has 0 spiro atoms. The zero-order valence-electron chi connectivity index (χ0n) is 22.7. The second-order valence-electron chi connectivity index (χ2n) is 12.7. The second-order valence-corrected chi connectivity index (χ2v) is 12.7. The van der Waals surface area contributed by atoms with Crippen LogP contribution >= 0.6 is 0 Å². The smallest absolute Gasteiger partial charge is 0.207 e. The molecule has 0 aromatic heterocycles. The molecule has 206 valence electrons. The topological polar surface area (TPSA) is 60.4 Å². The van der Waals surface area contributed by atoms with Crippen LogP contribution in [-0.4, -0.2) is 61.4 Å². The van der Waals surface area contributed by atoms with Crippen LogP contribution in [0.4, 0.5) is 0 Å². The van der Waals surface area contributed by atoms with E-state index in [2.05, 4.69) is 29.2 Å². The van der Waals surface area contributed by atoms with Gasteiger partial charge in [-0.25, -0.2) is 9.78 Å². The minimum Gasteiger partial charge on any atom is -0.494 e. The van der Waals surface area contributed by atoms with Crippen molar-refractivity contribution in [1.82, 2.24) is 4.90 Å². The number of likely N-dealkylation sites (tertiary alicyclic amines) is 1. The van der Waals surface area contributed by atoms with Crippen molar-refractivity contribution in [1.29, 1.82) is 0 Å². The van der Waals surface area contributed by atoms with Gasteiger partial charge in [-0.3, -0.25) is 0 Å². The first-order chi connectivity index (χ1) is 18.1. The Labute approximate surface area is 222 Å². The molecule has 5 aliphatic carbocycles. The Morgan fingerprint density at radius 2 is 1.51 bits per heavy atom. The summed E-state index contributed by atoms with van der Waals surface area (Å²) in [6.45, 7) is 3.80. The number of ether oxygens (including phenoxy) is 2. The first-order valence-electron chi connectivity index (χ1n) is 15.1. The third-order valence-electron chi connectivity index (χ3n) is 10.4. The van der Waals surface area contributed by atoms with E-state index in [1.165, 1.54) is 37.7 Å². The predicted octanol–water partition coefficient (Wildman–Crippen LogP) is 5.69. The van der Waals surface area contributed by atoms with E-state index in [1.54, 1.807) is 0 Å². The molecule has 1 saturated heterocycles. The molecule has 4 bridgehead atoms. The maximum atomic E-state index is 9.64. The molecule has 1 aromatic rings. The number of rotatable bonds is 10. The Hall–Kier alpha value is -1.18. The van der Waals surface area contributed by atoms with Crippen LogP contribution < -0.4 is 4.74 Å². The highest BCUT2D eigenvalue weighted by atomic mass is 17.2. The van der Waals surface area contributed by atoms with Gasteiger partial charge in [0, 0.05) is 38.6 Å². The van der Waals surface area contributed by atoms with Crippen molar-refractivity contribution in [2.75, 3.05) is 33.4 Å². The Bertz CT molecular complexity index is 831. The van der Waals surface area contributed by atoms with Crippen LogP contribution in [0.5, 0.6) is 5.75 Å². The van der Waals surface area contributed by atoms with Crippen LogP contribution in [0, 0.1) is 23.7 Å². The summed E-state index contributed by atoms with van der Waals surface area (Å²) in [6, 6.07) is 8.76. The SMILES string of the molecule is COC1(OO[C@H]2CC[C@@H](c3ccc(OCCCN4CCC(O)CC4)cc3)CC2)C2CC3CC(C2)CC1C3. The van der Waals surface area contributed by atoms with E-state index in [-0.39, 0.29) is 12.2 Å². The molecule has 6 heteroatoms. The highest BCUT2D eigenvalue weighted by molar-refractivity contribution is 5.29. The van der Waals surface area contributed by atoms with Gasteiger partial charge in [-0.05, 0) is 112 Å². The number of nitrogens with zero attached hydrogens (tertiary/aromatic N) is 1. The number of hydrogen-bond acceptors (Lipinski definition) is 6. The molecular weight excluding hydrogens is 466 g/mol. The monoisotopic (exact) mass is 513 g/mol. The molecule has 0 radical (unpaired) electrons. The molecule has 6 aliphatic rings. The fourth-order valence-corrected chi connectivity index (χ4v) is 8.44. The van der Waals surface area contributed by atoms with Crippen LogP contribution in [0.15, 0.2) is 24.3 Å². The van der Waals surface area contributed by atoms with Gasteiger partial charge in [0.15, 0.2) is 0 Å². The molecule has 0 atom stereocenters. The van der Waals surface area contributed by atoms with E-state index in [1.807, 2.05) is 7.11 Å². The summed E-state index contributed by atoms with van der Waals surface area (Å²) in [5.74, 6) is 3.82. The quantitative estimate of drug-likeness (QED) is 0.188. The van der Waals surface area contributed by atoms with Crippen LogP contribution in [0.25, 0.3) is 0 Å². The molecule has 1 aliphatic heterocycles. The number of hydrogen-bond donors (Lipinski definition) is 1. The van der Waals surface area contributed by atoms with Crippen molar-refractivity contribution in [3.05, 3.63) is 29.8 Å². The van der Waals surface area contributed by atoms with Gasteiger partial charge in [0.05, 0.1) is 18.8 Å². The molecule has 1 heterocycles. The van der Waals surface area contributed by atoms with E-state index in [0.29, 0.717) is 17.8 Å². The van der Waals surface area contributed by atoms with E-state index in [9.17, 15) is 5.11 Å². The van der Waals surface area contributed by atoms with E-state index < -0.39 is 5.79 Å². The van der Waals surface area contributed by atoms with Crippen LogP contribution in [0.3, 0.4) is 0 Å². The van der Waals surface area contributed by atoms with Gasteiger partial charge >= 0.3 is 0 Å². The lowest BCUT2D eigenvalue weighted by Gasteiger charge is -2.58. The summed E-state index contributed by atoms with van der Waals surface area (Å²) in [5, 5.41) is 9.64. The largest absolute Gasteiger partial charge is 0.494 e. The molecule has 6 fully saturated rings. The lowest BCUT2D eigenvalue weighted by atomic mass is 9.53. The number of aliphatic hydroxyl groups excluding tert-OH is 1. The first kappa shape index (κ1) is 26.1. The van der Waals surface area contributed by atoms with E-state index in [4.69, 9.17) is 19.2 Å². The normalized spacial score (nSPS) is 38.2. The van der Waals surface area contributed by atoms with Crippen LogP contribution in [-0.2, 0) is 14.5 Å². The summed E-state index contributed by atoms with van der Waals surface area (Å²) in [5.41, 5.74) is 1.41. The molecule has 1 aromatic carbocycles. The van der Waals surface area contributed by atoms with Crippen molar-refractivity contribution in [3.63, 3.8) is 0 Å². The zero-order valence-corrected chi connectivity index (χ0v) is 22.7. The van der Waals surface area contributed by atoms with Gasteiger partial charge < -0.3 is 19.5 Å². The van der Waals surface area contributed by atoms with Gasteiger partial charge in [0.1, 0.15) is 5.75 Å². The second kappa shape index (κ2) is 11.5. The number of aliphatic hydroxyl groups is 1. The van der Waals surface area contributed by atoms with Gasteiger partial charge in [-0.15, -0.1) is 0 Å². The van der Waals surface area contributed by atoms with Crippen LogP contribution in [0.2, 0.25) is 0 Å². The zero-order chi connectivity index (χ0) is 25.2. The van der Waals surface area contributed by atoms with Crippen molar-refractivity contribution >= 4 is 0 Å². The lowest BCUT2D eigenvalue weighted by molar-refractivity contribution is -0.485. The van der Waals surface area contributed by atoms with Gasteiger partial charge in [0.2, 0.25) is 5.79 Å². The minimum absolute atomic E-state index is 0.101. The molecular formula is C31H47NO5. The van der Waals surface area contributed by atoms with E-state index in [0.717, 1.165) is 88.8 Å². The Morgan fingerprint density at radius 3 is 2.14 bits per heavy atom. The van der Waals surface area contributed by atoms with Crippen molar-refractivity contribution in [3.8, 4) is 5.75 Å². The summed E-state index contributed by atoms with van der Waals surface area (Å²) < 4.78 is 12.1. The molecule has 37 heavy (non-hydrogen) atoms. The van der Waals surface area contributed by atoms with Crippen molar-refractivity contribution < 1.29 is 24.4 Å². The lowest BCUT2D eigenvalue weighted by Crippen LogP contribution is -2.60. The summed E-state index contributed by atoms with van der Waals surface area (Å²) in [6.07, 6.45) is 13.7. The Morgan fingerprint density at radius 1 is 0.865 bits per heavy atom. The van der Waals surface area contributed by atoms with Gasteiger partial charge in [0.25, 0.3) is 0 Å². The Balaban J connectivity index is 0.917. The average Bonchev–Trinajstić information content (AvgIpc) is 2.92. The fourth-order valence-electron chi connectivity index (χ4n) is 8.44. The highest BCUT2D eigenvalue weighted by Crippen LogP contribution is 2.60. The van der Waals surface area contributed by atoms with Crippen LogP contribution in [0.1, 0.15) is 88.5 Å². The van der Waals surface area contributed by atoms with Crippen molar-refractivity contribution in [2.45, 2.75) is 101 Å². The third kappa shape index (κ3) is 5.74. The first-order valence-corrected chi connectivity index (χ1v) is 15.1. The predicted molar refractivity (Wildman–Crippen MR) is 142 cm³/mol. The Kier molecular flexibility index (Phi) is 8.11. The molecule has 7 rings (SSSR count).